The molecule has 3 aromatic rings. The summed E-state index contributed by atoms with van der Waals surface area (Å²) in [4.78, 5) is 11.7. The Morgan fingerprint density at radius 2 is 1.79 bits per heavy atom. The molecule has 0 aliphatic carbocycles. The smallest absolute Gasteiger partial charge is 0.163 e. The molecule has 0 spiro atoms. The van der Waals surface area contributed by atoms with E-state index >= 15 is 0 Å². The molecule has 29 heavy (non-hydrogen) atoms. The van der Waals surface area contributed by atoms with E-state index < -0.39 is 0 Å². The lowest BCUT2D eigenvalue weighted by molar-refractivity contribution is 0.101. The number of phenolic OH excluding ortho intramolecular Hbond substituents is 1. The lowest BCUT2D eigenvalue weighted by Gasteiger charge is -2.15. The number of hydrogen-bond acceptors (Lipinski definition) is 5. The monoisotopic (exact) mass is 391 g/mol. The molecule has 0 unspecified atom stereocenters. The normalized spacial score (nSPS) is 10.6. The first kappa shape index (κ1) is 20.3. The molecule has 0 aliphatic heterocycles. The average Bonchev–Trinajstić information content (AvgIpc) is 2.70. The van der Waals surface area contributed by atoms with Crippen molar-refractivity contribution in [1.29, 1.82) is 0 Å². The first-order chi connectivity index (χ1) is 14.0. The summed E-state index contributed by atoms with van der Waals surface area (Å²) in [6, 6.07) is 18.2. The molecule has 0 heterocycles. The van der Waals surface area contributed by atoms with E-state index in [-0.39, 0.29) is 11.5 Å². The van der Waals surface area contributed by atoms with Crippen molar-refractivity contribution in [3.8, 4) is 23.0 Å². The summed E-state index contributed by atoms with van der Waals surface area (Å²) in [5.41, 5.74) is 8.29. The summed E-state index contributed by atoms with van der Waals surface area (Å²) >= 11 is 0. The van der Waals surface area contributed by atoms with E-state index in [1.807, 2.05) is 43.3 Å². The Kier molecular flexibility index (Phi) is 6.39. The third kappa shape index (κ3) is 5.08. The third-order valence-electron chi connectivity index (χ3n) is 4.53. The molecule has 5 nitrogen and oxygen atoms in total. The molecule has 0 aromatic heterocycles. The van der Waals surface area contributed by atoms with Gasteiger partial charge in [0.2, 0.25) is 0 Å². The zero-order chi connectivity index (χ0) is 20.8. The molecule has 0 aliphatic rings. The molecule has 3 N–H and O–H groups in total. The van der Waals surface area contributed by atoms with E-state index in [1.165, 1.54) is 6.92 Å². The van der Waals surface area contributed by atoms with Crippen molar-refractivity contribution in [2.45, 2.75) is 33.3 Å². The van der Waals surface area contributed by atoms with Gasteiger partial charge in [0.05, 0.1) is 5.56 Å². The highest BCUT2D eigenvalue weighted by Gasteiger charge is 2.16. The van der Waals surface area contributed by atoms with Crippen molar-refractivity contribution in [2.24, 2.45) is 0 Å². The van der Waals surface area contributed by atoms with Gasteiger partial charge >= 0.3 is 0 Å². The van der Waals surface area contributed by atoms with Gasteiger partial charge in [-0.05, 0) is 67.4 Å². The minimum atomic E-state index is -0.168. The van der Waals surface area contributed by atoms with E-state index in [0.717, 1.165) is 12.0 Å². The number of nitrogen functional groups attached to an aromatic ring is 1. The van der Waals surface area contributed by atoms with Crippen LogP contribution in [-0.4, -0.2) is 10.9 Å². The molecular weight excluding hydrogens is 366 g/mol. The number of carbonyl (C=O) groups is 1. The Labute approximate surface area is 170 Å². The minimum Gasteiger partial charge on any atom is -0.507 e. The van der Waals surface area contributed by atoms with Gasteiger partial charge in [0, 0.05) is 11.3 Å². The fourth-order valence-corrected chi connectivity index (χ4v) is 3.06. The predicted octanol–water partition coefficient (Wildman–Crippen LogP) is 5.50. The van der Waals surface area contributed by atoms with Crippen molar-refractivity contribution in [3.05, 3.63) is 77.4 Å². The van der Waals surface area contributed by atoms with E-state index in [0.29, 0.717) is 47.1 Å². The maximum atomic E-state index is 11.7. The van der Waals surface area contributed by atoms with Crippen LogP contribution < -0.4 is 15.2 Å². The lowest BCUT2D eigenvalue weighted by atomic mass is 10.0. The van der Waals surface area contributed by atoms with Crippen LogP contribution in [0.4, 0.5) is 5.69 Å². The van der Waals surface area contributed by atoms with Crippen LogP contribution in [0.5, 0.6) is 23.0 Å². The average molecular weight is 391 g/mol. The van der Waals surface area contributed by atoms with Gasteiger partial charge in [0.15, 0.2) is 5.78 Å². The molecule has 0 bridgehead atoms. The second-order valence-electron chi connectivity index (χ2n) is 6.85. The van der Waals surface area contributed by atoms with Crippen LogP contribution in [0, 0.1) is 0 Å². The number of phenols is 1. The Balaban J connectivity index is 1.75. The first-order valence-corrected chi connectivity index (χ1v) is 9.59. The maximum Gasteiger partial charge on any atom is 0.163 e. The Morgan fingerprint density at radius 3 is 2.48 bits per heavy atom. The number of nitrogens with two attached hydrogens (primary N) is 1. The van der Waals surface area contributed by atoms with Gasteiger partial charge in [-0.1, -0.05) is 25.5 Å². The van der Waals surface area contributed by atoms with Gasteiger partial charge in [-0.3, -0.25) is 4.79 Å². The maximum absolute atomic E-state index is 11.7. The fourth-order valence-electron chi connectivity index (χ4n) is 3.06. The number of hydrogen-bond donors (Lipinski definition) is 2. The lowest BCUT2D eigenvalue weighted by Crippen LogP contribution is -2.02. The summed E-state index contributed by atoms with van der Waals surface area (Å²) in [6.07, 6.45) is 1.46. The van der Waals surface area contributed by atoms with Crippen LogP contribution in [-0.2, 0) is 13.0 Å². The van der Waals surface area contributed by atoms with Crippen LogP contribution in [0.2, 0.25) is 0 Å². The summed E-state index contributed by atoms with van der Waals surface area (Å²) in [6.45, 7) is 3.77. The van der Waals surface area contributed by atoms with Crippen LogP contribution >= 0.6 is 0 Å². The number of ether oxygens (including phenoxy) is 2. The fraction of sp³-hybridized carbons (Fsp3) is 0.208. The number of rotatable bonds is 8. The number of anilines is 1. The number of benzene rings is 3. The van der Waals surface area contributed by atoms with Crippen molar-refractivity contribution in [1.82, 2.24) is 0 Å². The van der Waals surface area contributed by atoms with Crippen molar-refractivity contribution < 1.29 is 19.4 Å². The van der Waals surface area contributed by atoms with Gasteiger partial charge in [0.25, 0.3) is 0 Å². The Morgan fingerprint density at radius 1 is 1.03 bits per heavy atom. The highest BCUT2D eigenvalue weighted by Crippen LogP contribution is 2.33. The number of carbonyl (C=O) groups excluding carboxylic acids is 1. The topological polar surface area (TPSA) is 81.8 Å². The molecule has 150 valence electrons. The van der Waals surface area contributed by atoms with Crippen molar-refractivity contribution >= 4 is 11.5 Å². The van der Waals surface area contributed by atoms with E-state index in [2.05, 4.69) is 0 Å². The third-order valence-corrected chi connectivity index (χ3v) is 4.53. The van der Waals surface area contributed by atoms with Gasteiger partial charge in [-0.15, -0.1) is 0 Å². The SMILES string of the molecule is CCCc1c(OCc2cccc(Oc3ccc(N)cc3)c2)ccc(C(C)=O)c1O. The summed E-state index contributed by atoms with van der Waals surface area (Å²) < 4.78 is 11.8. The highest BCUT2D eigenvalue weighted by atomic mass is 16.5. The molecule has 3 rings (SSSR count). The van der Waals surface area contributed by atoms with E-state index in [1.54, 1.807) is 24.3 Å². The second-order valence-corrected chi connectivity index (χ2v) is 6.85. The quantitative estimate of drug-likeness (QED) is 0.391. The van der Waals surface area contributed by atoms with Crippen LogP contribution in [0.15, 0.2) is 60.7 Å². The van der Waals surface area contributed by atoms with Gasteiger partial charge in [-0.2, -0.15) is 0 Å². The van der Waals surface area contributed by atoms with Crippen molar-refractivity contribution in [2.75, 3.05) is 5.73 Å². The van der Waals surface area contributed by atoms with Crippen molar-refractivity contribution in [3.63, 3.8) is 0 Å². The predicted molar refractivity (Wildman–Crippen MR) is 114 cm³/mol. The molecule has 0 amide bonds. The van der Waals surface area contributed by atoms with Crippen LogP contribution in [0.3, 0.4) is 0 Å². The van der Waals surface area contributed by atoms with Gasteiger partial charge in [-0.25, -0.2) is 0 Å². The standard InChI is InChI=1S/C24H25NO4/c1-3-5-22-23(13-12-21(16(2)26)24(22)27)28-15-17-6-4-7-20(14-17)29-19-10-8-18(25)9-11-19/h4,6-14,27H,3,5,15,25H2,1-2H3. The zero-order valence-electron chi connectivity index (χ0n) is 16.6. The van der Waals surface area contributed by atoms with Crippen LogP contribution in [0.1, 0.15) is 41.8 Å². The molecule has 3 aromatic carbocycles. The van der Waals surface area contributed by atoms with E-state index in [4.69, 9.17) is 15.2 Å². The van der Waals surface area contributed by atoms with Gasteiger partial charge in [0.1, 0.15) is 29.6 Å². The second kappa shape index (κ2) is 9.15. The van der Waals surface area contributed by atoms with Crippen LogP contribution in [0.25, 0.3) is 0 Å². The molecule has 0 fully saturated rings. The Bertz CT molecular complexity index is 996. The molecule has 0 atom stereocenters. The Hall–Kier alpha value is -3.47. The zero-order valence-corrected chi connectivity index (χ0v) is 16.6. The molecule has 0 radical (unpaired) electrons. The summed E-state index contributed by atoms with van der Waals surface area (Å²) in [7, 11) is 0. The summed E-state index contributed by atoms with van der Waals surface area (Å²) in [5.74, 6) is 1.82. The number of Topliss-reactive ketones (excluding diaryl/α,β-unsaturated/α-hetero) is 1. The molecule has 5 heteroatoms. The minimum absolute atomic E-state index is 0.0114. The van der Waals surface area contributed by atoms with Gasteiger partial charge < -0.3 is 20.3 Å². The van der Waals surface area contributed by atoms with E-state index in [9.17, 15) is 9.90 Å². The largest absolute Gasteiger partial charge is 0.507 e. The molecule has 0 saturated heterocycles. The first-order valence-electron chi connectivity index (χ1n) is 9.59. The number of ketones is 1. The molecule has 0 saturated carbocycles. The molecular formula is C24H25NO4. The summed E-state index contributed by atoms with van der Waals surface area (Å²) in [5, 5.41) is 10.5. The number of aromatic hydroxyl groups is 1. The highest BCUT2D eigenvalue weighted by molar-refractivity contribution is 5.97.